The summed E-state index contributed by atoms with van der Waals surface area (Å²) >= 11 is 0. The second-order valence-corrected chi connectivity index (χ2v) is 12.9. The molecule has 6 N–H and O–H groups in total. The van der Waals surface area contributed by atoms with Crippen molar-refractivity contribution in [3.8, 4) is 5.75 Å². The Morgan fingerprint density at radius 1 is 0.720 bits per heavy atom. The van der Waals surface area contributed by atoms with E-state index in [2.05, 4.69) is 5.32 Å². The van der Waals surface area contributed by atoms with Crippen LogP contribution in [0.5, 0.6) is 5.75 Å². The highest BCUT2D eigenvalue weighted by atomic mass is 16.3. The number of benzene rings is 1. The van der Waals surface area contributed by atoms with E-state index in [1.165, 1.54) is 44.2 Å². The second kappa shape index (κ2) is 17.1. The quantitative estimate of drug-likeness (QED) is 0.167. The number of carbonyl (C=O) groups excluding carboxylic acids is 5. The Morgan fingerprint density at radius 3 is 2.06 bits per heavy atom. The zero-order valence-electron chi connectivity index (χ0n) is 29.0. The number of ketones is 4. The third-order valence-electron chi connectivity index (χ3n) is 8.81. The zero-order valence-corrected chi connectivity index (χ0v) is 29.0. The summed E-state index contributed by atoms with van der Waals surface area (Å²) in [7, 11) is 0. The van der Waals surface area contributed by atoms with Gasteiger partial charge in [-0.2, -0.15) is 0 Å². The maximum Gasteiger partial charge on any atom is 0.253 e. The molecule has 1 aromatic rings. The van der Waals surface area contributed by atoms with Crippen molar-refractivity contribution < 1.29 is 49.5 Å². The molecule has 0 aromatic heterocycles. The van der Waals surface area contributed by atoms with Gasteiger partial charge in [-0.3, -0.25) is 24.0 Å². The molecule has 4 bridgehead atoms. The smallest absolute Gasteiger partial charge is 0.253 e. The molecular formula is C39H45NO10. The summed E-state index contributed by atoms with van der Waals surface area (Å²) in [6.45, 7) is 9.57. The van der Waals surface area contributed by atoms with Gasteiger partial charge in [-0.25, -0.2) is 0 Å². The molecular weight excluding hydrogens is 642 g/mol. The molecule has 0 fully saturated rings. The van der Waals surface area contributed by atoms with Crippen molar-refractivity contribution in [3.05, 3.63) is 106 Å². The summed E-state index contributed by atoms with van der Waals surface area (Å²) in [5.41, 5.74) is -1.36. The van der Waals surface area contributed by atoms with Gasteiger partial charge in [-0.05, 0) is 50.0 Å². The molecule has 11 nitrogen and oxygen atoms in total. The van der Waals surface area contributed by atoms with E-state index in [1.54, 1.807) is 58.1 Å². The highest BCUT2D eigenvalue weighted by Crippen LogP contribution is 2.37. The summed E-state index contributed by atoms with van der Waals surface area (Å²) in [6.07, 6.45) is 11.9. The fourth-order valence-corrected chi connectivity index (χ4v) is 5.53. The number of aryl methyl sites for hydroxylation is 1. The number of phenolic OH excluding ortho intramolecular Hbond substituents is 1. The van der Waals surface area contributed by atoms with E-state index in [-0.39, 0.29) is 35.3 Å². The number of amides is 1. The predicted octanol–water partition coefficient (Wildman–Crippen LogP) is 4.46. The van der Waals surface area contributed by atoms with Crippen LogP contribution in [0.4, 0.5) is 0 Å². The standard InChI is InChI=1S/C39H45NO10/c1-20-11-9-7-8-10-12-30(44)40-33-37(48)27-18-25(6)36(47)32(31(27)38(49)39(33)50)35(46)24(5)17-23(4)34(45)22(3)14-16-26(41)15-13-21(2)29(43)19-28(20)42/h7-14,16-18,20,22-23,26,28,34,41-42,45,47-48H,15,19H2,1-6H3,(H,40,44)/b8-7+,11-9-,12-10-,16-14+,21-13-,24-17+. The Kier molecular flexibility index (Phi) is 13.5. The van der Waals surface area contributed by atoms with Crippen LogP contribution in [-0.4, -0.2) is 72.9 Å². The van der Waals surface area contributed by atoms with Crippen LogP contribution in [0.2, 0.25) is 0 Å². The molecule has 4 rings (SSSR count). The Morgan fingerprint density at radius 2 is 1.38 bits per heavy atom. The number of rotatable bonds is 0. The Hall–Kier alpha value is -4.97. The molecule has 0 saturated heterocycles. The first-order valence-corrected chi connectivity index (χ1v) is 16.3. The van der Waals surface area contributed by atoms with Gasteiger partial charge in [0, 0.05) is 35.8 Å². The summed E-state index contributed by atoms with van der Waals surface area (Å²) in [5, 5.41) is 56.2. The number of allylic oxidation sites excluding steroid dienone is 7. The molecule has 50 heavy (non-hydrogen) atoms. The third-order valence-corrected chi connectivity index (χ3v) is 8.81. The van der Waals surface area contributed by atoms with E-state index in [1.807, 2.05) is 0 Å². The third kappa shape index (κ3) is 9.38. The maximum absolute atomic E-state index is 13.7. The number of aromatic hydroxyl groups is 1. The number of aliphatic hydroxyl groups excluding tert-OH is 4. The summed E-state index contributed by atoms with van der Waals surface area (Å²) in [6, 6.07) is 1.23. The maximum atomic E-state index is 13.7. The fraction of sp³-hybridized carbons (Fsp3) is 0.359. The lowest BCUT2D eigenvalue weighted by Crippen LogP contribution is -2.35. The van der Waals surface area contributed by atoms with Gasteiger partial charge in [0.1, 0.15) is 11.4 Å². The lowest BCUT2D eigenvalue weighted by molar-refractivity contribution is -0.118. The predicted molar refractivity (Wildman–Crippen MR) is 188 cm³/mol. The van der Waals surface area contributed by atoms with E-state index in [0.29, 0.717) is 5.57 Å². The van der Waals surface area contributed by atoms with E-state index >= 15 is 0 Å². The molecule has 6 atom stereocenters. The van der Waals surface area contributed by atoms with Gasteiger partial charge >= 0.3 is 0 Å². The van der Waals surface area contributed by atoms with Crippen LogP contribution in [-0.2, 0) is 14.4 Å². The van der Waals surface area contributed by atoms with Crippen LogP contribution in [0, 0.1) is 24.7 Å². The van der Waals surface area contributed by atoms with Gasteiger partial charge in [0.25, 0.3) is 5.78 Å². The van der Waals surface area contributed by atoms with Gasteiger partial charge in [-0.15, -0.1) is 0 Å². The van der Waals surface area contributed by atoms with Crippen molar-refractivity contribution in [1.29, 1.82) is 0 Å². The summed E-state index contributed by atoms with van der Waals surface area (Å²) in [5.74, 6) is -7.27. The Balaban J connectivity index is 2.07. The van der Waals surface area contributed by atoms with E-state index < -0.39 is 87.7 Å². The van der Waals surface area contributed by atoms with Gasteiger partial charge < -0.3 is 30.8 Å². The first-order chi connectivity index (χ1) is 23.5. The van der Waals surface area contributed by atoms with Crippen molar-refractivity contribution >= 4 is 34.8 Å². The molecule has 0 saturated carbocycles. The monoisotopic (exact) mass is 687 g/mol. The Bertz CT molecular complexity index is 1770. The minimum absolute atomic E-state index is 0.0421. The number of nitrogens with one attached hydrogen (secondary N) is 1. The highest BCUT2D eigenvalue weighted by Gasteiger charge is 2.39. The average Bonchev–Trinajstić information content (AvgIpc) is 3.07. The van der Waals surface area contributed by atoms with Crippen molar-refractivity contribution in [2.45, 2.75) is 72.7 Å². The van der Waals surface area contributed by atoms with Crippen LogP contribution in [0.15, 0.2) is 83.7 Å². The Labute approximate surface area is 291 Å². The zero-order chi connectivity index (χ0) is 37.4. The molecule has 266 valence electrons. The minimum atomic E-state index is -1.29. The lowest BCUT2D eigenvalue weighted by atomic mass is 9.82. The van der Waals surface area contributed by atoms with Gasteiger partial charge in [0.2, 0.25) is 11.7 Å². The number of Topliss-reactive ketones (excluding diaryl/α,β-unsaturated/α-hetero) is 4. The first kappa shape index (κ1) is 39.5. The first-order valence-electron chi connectivity index (χ1n) is 16.3. The van der Waals surface area contributed by atoms with Crippen molar-refractivity contribution in [2.24, 2.45) is 17.8 Å². The van der Waals surface area contributed by atoms with Crippen LogP contribution in [0.1, 0.15) is 79.3 Å². The fourth-order valence-electron chi connectivity index (χ4n) is 5.53. The average molecular weight is 688 g/mol. The van der Waals surface area contributed by atoms with Crippen LogP contribution >= 0.6 is 0 Å². The van der Waals surface area contributed by atoms with Gasteiger partial charge in [-0.1, -0.05) is 75.5 Å². The molecule has 0 radical (unpaired) electrons. The molecule has 2 heterocycles. The van der Waals surface area contributed by atoms with Crippen molar-refractivity contribution in [1.82, 2.24) is 5.32 Å². The summed E-state index contributed by atoms with van der Waals surface area (Å²) < 4.78 is 0. The molecule has 3 aliphatic rings. The molecule has 6 unspecified atom stereocenters. The number of fused-ring (bicyclic) bond motifs is 18. The normalized spacial score (nSPS) is 31.3. The van der Waals surface area contributed by atoms with Crippen molar-refractivity contribution in [2.75, 3.05) is 0 Å². The number of carbonyl (C=O) groups is 5. The topological polar surface area (TPSA) is 199 Å². The molecule has 1 aromatic carbocycles. The molecule has 1 amide bonds. The lowest BCUT2D eigenvalue weighted by Gasteiger charge is -2.23. The van der Waals surface area contributed by atoms with Crippen molar-refractivity contribution in [3.63, 3.8) is 0 Å². The van der Waals surface area contributed by atoms with E-state index in [0.717, 1.165) is 6.08 Å². The van der Waals surface area contributed by atoms with Crippen LogP contribution < -0.4 is 5.32 Å². The van der Waals surface area contributed by atoms with Gasteiger partial charge in [0.05, 0.1) is 29.4 Å². The number of aliphatic hydroxyl groups is 4. The largest absolute Gasteiger partial charge is 0.507 e. The van der Waals surface area contributed by atoms with E-state index in [4.69, 9.17) is 0 Å². The number of hydrogen-bond donors (Lipinski definition) is 6. The highest BCUT2D eigenvalue weighted by molar-refractivity contribution is 6.53. The summed E-state index contributed by atoms with van der Waals surface area (Å²) in [4.78, 5) is 65.5. The minimum Gasteiger partial charge on any atom is -0.507 e. The second-order valence-electron chi connectivity index (χ2n) is 12.9. The van der Waals surface area contributed by atoms with Crippen LogP contribution in [0.25, 0.3) is 5.76 Å². The SMILES string of the molecule is C/C1=C/CC(O)/C=C/C(C)C(O)C(C)/C=C(\C)C(=O)c2c(O)c(C)cc3c2C(=O)C(=O)C(=C3O)NC(=O)\C=C/C=C/C=C\C(C)C(O)CC1=O. The van der Waals surface area contributed by atoms with Crippen LogP contribution in [0.3, 0.4) is 0 Å². The molecule has 1 aliphatic carbocycles. The van der Waals surface area contributed by atoms with E-state index in [9.17, 15) is 49.5 Å². The molecule has 2 aliphatic heterocycles. The number of hydrogen-bond acceptors (Lipinski definition) is 10. The van der Waals surface area contributed by atoms with Gasteiger partial charge in [0.15, 0.2) is 17.3 Å². The molecule has 11 heteroatoms. The molecule has 0 spiro atoms. The number of phenols is 1.